The molecule has 3 rings (SSSR count). The number of hydrogen-bond acceptors (Lipinski definition) is 2. The predicted octanol–water partition coefficient (Wildman–Crippen LogP) is 7.09. The van der Waals surface area contributed by atoms with Crippen LogP contribution in [-0.2, 0) is 11.1 Å². The van der Waals surface area contributed by atoms with E-state index in [1.54, 1.807) is 12.2 Å². The summed E-state index contributed by atoms with van der Waals surface area (Å²) >= 11 is 0. The zero-order valence-electron chi connectivity index (χ0n) is 21.3. The first-order valence-corrected chi connectivity index (χ1v) is 11.8. The van der Waals surface area contributed by atoms with Crippen LogP contribution < -0.4 is 21.3 Å². The summed E-state index contributed by atoms with van der Waals surface area (Å²) in [6.45, 7) is 15.2. The third-order valence-electron chi connectivity index (χ3n) is 5.97. The van der Waals surface area contributed by atoms with Gasteiger partial charge in [-0.3, -0.25) is 0 Å². The molecular weight excluding hydrogens is 448 g/mol. The average Bonchev–Trinajstić information content (AvgIpc) is 2.84. The van der Waals surface area contributed by atoms with Crippen LogP contribution in [0, 0.1) is 0 Å². The molecule has 3 aromatic carbocycles. The zero-order chi connectivity index (χ0) is 26.3. The number of benzene rings is 3. The van der Waals surface area contributed by atoms with Crippen molar-refractivity contribution in [3.63, 3.8) is 0 Å². The summed E-state index contributed by atoms with van der Waals surface area (Å²) in [5.41, 5.74) is 3.84. The first kappa shape index (κ1) is 26.3. The van der Waals surface area contributed by atoms with Crippen LogP contribution in [-0.4, -0.2) is 12.1 Å². The second kappa shape index (κ2) is 11.0. The molecule has 4 amide bonds. The van der Waals surface area contributed by atoms with Gasteiger partial charge in [0.25, 0.3) is 0 Å². The van der Waals surface area contributed by atoms with E-state index in [0.717, 1.165) is 22.3 Å². The van der Waals surface area contributed by atoms with Gasteiger partial charge >= 0.3 is 12.1 Å². The highest BCUT2D eigenvalue weighted by Crippen LogP contribution is 2.27. The van der Waals surface area contributed by atoms with E-state index in [2.05, 4.69) is 34.4 Å². The van der Waals surface area contributed by atoms with Gasteiger partial charge in [0.05, 0.1) is 11.1 Å². The van der Waals surface area contributed by atoms with E-state index >= 15 is 0 Å². The maximum Gasteiger partial charge on any atom is 0.319 e. The van der Waals surface area contributed by atoms with Crippen LogP contribution in [0.1, 0.15) is 49.9 Å². The van der Waals surface area contributed by atoms with Gasteiger partial charge in [-0.1, -0.05) is 73.8 Å². The fraction of sp³-hybridized carbons (Fsp3) is 0.200. The summed E-state index contributed by atoms with van der Waals surface area (Å²) in [6, 6.07) is 22.1. The Kier molecular flexibility index (Phi) is 8.00. The first-order chi connectivity index (χ1) is 17.0. The van der Waals surface area contributed by atoms with Crippen LogP contribution >= 0.6 is 0 Å². The summed E-state index contributed by atoms with van der Waals surface area (Å²) in [5, 5.41) is 11.8. The Balaban J connectivity index is 1.67. The second-order valence-electron chi connectivity index (χ2n) is 9.64. The van der Waals surface area contributed by atoms with E-state index in [9.17, 15) is 9.59 Å². The van der Waals surface area contributed by atoms with Crippen LogP contribution in [0.2, 0.25) is 0 Å². The Morgan fingerprint density at radius 1 is 0.639 bits per heavy atom. The van der Waals surface area contributed by atoms with Crippen LogP contribution in [0.15, 0.2) is 86.0 Å². The topological polar surface area (TPSA) is 82.3 Å². The lowest BCUT2D eigenvalue weighted by Crippen LogP contribution is -2.45. The normalized spacial score (nSPS) is 11.2. The van der Waals surface area contributed by atoms with Gasteiger partial charge in [-0.15, -0.1) is 0 Å². The summed E-state index contributed by atoms with van der Waals surface area (Å²) in [7, 11) is 0. The molecule has 0 saturated heterocycles. The van der Waals surface area contributed by atoms with Crippen molar-refractivity contribution in [2.24, 2.45) is 0 Å². The quantitative estimate of drug-likeness (QED) is 0.276. The summed E-state index contributed by atoms with van der Waals surface area (Å²) in [5.74, 6) is 0. The Morgan fingerprint density at radius 3 is 1.33 bits per heavy atom. The molecule has 0 unspecified atom stereocenters. The standard InChI is InChI=1S/C30H34N4O2/c1-7-21-12-16-25(17-13-21)31-27(35)33-29(3,4)23-10-9-11-24(20-23)30(5,6)34-28(36)32-26-18-14-22(8-2)15-19-26/h7-20H,1-2H2,3-6H3,(H2,31,33,35)(H2,32,34,36). The fourth-order valence-corrected chi connectivity index (χ4v) is 3.74. The van der Waals surface area contributed by atoms with Gasteiger partial charge in [0.2, 0.25) is 0 Å². The minimum Gasteiger partial charge on any atom is -0.329 e. The lowest BCUT2D eigenvalue weighted by molar-refractivity contribution is 0.241. The molecule has 6 heteroatoms. The molecule has 0 saturated carbocycles. The van der Waals surface area contributed by atoms with Crippen LogP contribution in [0.25, 0.3) is 12.2 Å². The van der Waals surface area contributed by atoms with E-state index in [1.165, 1.54) is 0 Å². The van der Waals surface area contributed by atoms with E-state index in [4.69, 9.17) is 0 Å². The fourth-order valence-electron chi connectivity index (χ4n) is 3.74. The molecule has 0 bridgehead atoms. The SMILES string of the molecule is C=Cc1ccc(NC(=O)NC(C)(C)c2cccc(C(C)(C)NC(=O)Nc3ccc(C=C)cc3)c2)cc1. The lowest BCUT2D eigenvalue weighted by Gasteiger charge is -2.31. The molecule has 0 heterocycles. The summed E-state index contributed by atoms with van der Waals surface area (Å²) in [4.78, 5) is 25.4. The van der Waals surface area contributed by atoms with E-state index < -0.39 is 11.1 Å². The molecule has 3 aromatic rings. The number of amides is 4. The molecule has 0 radical (unpaired) electrons. The number of nitrogens with one attached hydrogen (secondary N) is 4. The molecule has 0 aliphatic rings. The highest BCUT2D eigenvalue weighted by molar-refractivity contribution is 5.90. The Hall–Kier alpha value is -4.32. The Bertz CT molecular complexity index is 1150. The molecule has 0 spiro atoms. The zero-order valence-corrected chi connectivity index (χ0v) is 21.3. The van der Waals surface area contributed by atoms with Crippen molar-refractivity contribution in [3.05, 3.63) is 108 Å². The van der Waals surface area contributed by atoms with E-state index in [-0.39, 0.29) is 12.1 Å². The van der Waals surface area contributed by atoms with Crippen molar-refractivity contribution < 1.29 is 9.59 Å². The number of anilines is 2. The highest BCUT2D eigenvalue weighted by atomic mass is 16.2. The van der Waals surface area contributed by atoms with Crippen molar-refractivity contribution in [2.75, 3.05) is 10.6 Å². The minimum atomic E-state index is -0.660. The number of rotatable bonds is 8. The van der Waals surface area contributed by atoms with Gasteiger partial charge in [0.1, 0.15) is 0 Å². The van der Waals surface area contributed by atoms with Crippen molar-refractivity contribution in [3.8, 4) is 0 Å². The minimum absolute atomic E-state index is 0.309. The van der Waals surface area contributed by atoms with Crippen molar-refractivity contribution >= 4 is 35.6 Å². The van der Waals surface area contributed by atoms with Crippen molar-refractivity contribution in [2.45, 2.75) is 38.8 Å². The maximum absolute atomic E-state index is 12.7. The number of hydrogen-bond donors (Lipinski definition) is 4. The Morgan fingerprint density at radius 2 is 1.00 bits per heavy atom. The summed E-state index contributed by atoms with van der Waals surface area (Å²) < 4.78 is 0. The van der Waals surface area contributed by atoms with Crippen LogP contribution in [0.5, 0.6) is 0 Å². The van der Waals surface area contributed by atoms with Gasteiger partial charge < -0.3 is 21.3 Å². The van der Waals surface area contributed by atoms with Crippen LogP contribution in [0.4, 0.5) is 21.0 Å². The average molecular weight is 483 g/mol. The number of urea groups is 2. The van der Waals surface area contributed by atoms with Crippen molar-refractivity contribution in [1.82, 2.24) is 10.6 Å². The molecular formula is C30H34N4O2. The van der Waals surface area contributed by atoms with E-state index in [1.807, 2.05) is 100 Å². The van der Waals surface area contributed by atoms with Gasteiger partial charge in [0, 0.05) is 11.4 Å². The highest BCUT2D eigenvalue weighted by Gasteiger charge is 2.27. The molecule has 36 heavy (non-hydrogen) atoms. The monoisotopic (exact) mass is 482 g/mol. The molecule has 0 fully saturated rings. The van der Waals surface area contributed by atoms with Gasteiger partial charge in [-0.25, -0.2) is 9.59 Å². The number of carbonyl (C=O) groups is 2. The third kappa shape index (κ3) is 6.85. The van der Waals surface area contributed by atoms with Gasteiger partial charge in [0.15, 0.2) is 0 Å². The molecule has 0 atom stereocenters. The summed E-state index contributed by atoms with van der Waals surface area (Å²) in [6.07, 6.45) is 3.50. The lowest BCUT2D eigenvalue weighted by atomic mass is 9.87. The molecule has 0 aliphatic carbocycles. The molecule has 4 N–H and O–H groups in total. The van der Waals surface area contributed by atoms with Crippen LogP contribution in [0.3, 0.4) is 0 Å². The molecule has 0 aromatic heterocycles. The largest absolute Gasteiger partial charge is 0.329 e. The molecule has 6 nitrogen and oxygen atoms in total. The Labute approximate surface area is 213 Å². The maximum atomic E-state index is 12.7. The molecule has 0 aliphatic heterocycles. The predicted molar refractivity (Wildman–Crippen MR) is 150 cm³/mol. The van der Waals surface area contributed by atoms with Gasteiger partial charge in [-0.05, 0) is 74.2 Å². The van der Waals surface area contributed by atoms with Gasteiger partial charge in [-0.2, -0.15) is 0 Å². The third-order valence-corrected chi connectivity index (χ3v) is 5.97. The van der Waals surface area contributed by atoms with E-state index in [0.29, 0.717) is 11.4 Å². The first-order valence-electron chi connectivity index (χ1n) is 11.8. The smallest absolute Gasteiger partial charge is 0.319 e. The van der Waals surface area contributed by atoms with Crippen molar-refractivity contribution in [1.29, 1.82) is 0 Å². The second-order valence-corrected chi connectivity index (χ2v) is 9.64. The number of carbonyl (C=O) groups excluding carboxylic acids is 2. The molecule has 186 valence electrons.